The van der Waals surface area contributed by atoms with E-state index in [9.17, 15) is 9.50 Å². The molecule has 192 valence electrons. The summed E-state index contributed by atoms with van der Waals surface area (Å²) in [6, 6.07) is 5.99. The number of hydrogen-bond donors (Lipinski definition) is 1. The molecular formula is C29H30F2N4O2. The van der Waals surface area contributed by atoms with Gasteiger partial charge in [-0.3, -0.25) is 4.98 Å². The lowest BCUT2D eigenvalue weighted by Crippen LogP contribution is -2.54. The van der Waals surface area contributed by atoms with Gasteiger partial charge in [0.15, 0.2) is 5.82 Å². The zero-order valence-corrected chi connectivity index (χ0v) is 21.3. The number of nitrogens with zero attached hydrogens (tertiary/aromatic N) is 4. The molecule has 0 aliphatic carbocycles. The number of aromatic nitrogens is 3. The number of aromatic hydroxyl groups is 1. The minimum Gasteiger partial charge on any atom is -0.508 e. The summed E-state index contributed by atoms with van der Waals surface area (Å²) in [5, 5.41) is 12.2. The lowest BCUT2D eigenvalue weighted by Gasteiger charge is -2.48. The molecule has 2 saturated heterocycles. The summed E-state index contributed by atoms with van der Waals surface area (Å²) < 4.78 is 36.7. The van der Waals surface area contributed by atoms with E-state index in [1.54, 1.807) is 18.3 Å². The Labute approximate surface area is 214 Å². The van der Waals surface area contributed by atoms with Crippen molar-refractivity contribution in [2.75, 3.05) is 31.2 Å². The highest BCUT2D eigenvalue weighted by Gasteiger charge is 2.43. The number of piperidine rings is 1. The van der Waals surface area contributed by atoms with Gasteiger partial charge in [0.2, 0.25) is 0 Å². The average molecular weight is 505 g/mol. The van der Waals surface area contributed by atoms with Crippen molar-refractivity contribution in [2.24, 2.45) is 5.41 Å². The third-order valence-electron chi connectivity index (χ3n) is 7.74. The van der Waals surface area contributed by atoms with E-state index in [4.69, 9.17) is 9.72 Å². The molecule has 0 atom stereocenters. The van der Waals surface area contributed by atoms with Gasteiger partial charge in [-0.25, -0.2) is 18.7 Å². The number of anilines is 1. The van der Waals surface area contributed by atoms with Crippen molar-refractivity contribution in [3.05, 3.63) is 53.5 Å². The van der Waals surface area contributed by atoms with Crippen LogP contribution in [0, 0.1) is 17.0 Å². The molecule has 0 radical (unpaired) electrons. The smallest absolute Gasteiger partial charge is 0.175 e. The molecule has 0 saturated carbocycles. The number of phenols is 1. The minimum atomic E-state index is -0.597. The molecule has 1 N–H and O–H groups in total. The molecule has 4 aromatic rings. The first kappa shape index (κ1) is 24.0. The number of rotatable bonds is 4. The lowest BCUT2D eigenvalue weighted by atomic mass is 9.78. The largest absolute Gasteiger partial charge is 0.508 e. The molecule has 2 fully saturated rings. The Balaban J connectivity index is 1.58. The van der Waals surface area contributed by atoms with E-state index < -0.39 is 5.82 Å². The van der Waals surface area contributed by atoms with Crippen LogP contribution < -0.4 is 4.90 Å². The predicted molar refractivity (Wildman–Crippen MR) is 140 cm³/mol. The van der Waals surface area contributed by atoms with Crippen LogP contribution in [0.5, 0.6) is 5.75 Å². The fraction of sp³-hybridized carbons (Fsp3) is 0.414. The van der Waals surface area contributed by atoms with Gasteiger partial charge in [0.1, 0.15) is 34.4 Å². The van der Waals surface area contributed by atoms with Gasteiger partial charge in [-0.2, -0.15) is 0 Å². The number of fused-ring (bicyclic) bond motifs is 2. The van der Waals surface area contributed by atoms with Crippen molar-refractivity contribution in [2.45, 2.75) is 46.0 Å². The van der Waals surface area contributed by atoms with Crippen molar-refractivity contribution >= 4 is 27.5 Å². The number of phenolic OH excluding ortho intramolecular Hbond substituents is 1. The molecule has 6 rings (SSSR count). The molecule has 4 heterocycles. The van der Waals surface area contributed by atoms with Gasteiger partial charge in [-0.1, -0.05) is 26.8 Å². The van der Waals surface area contributed by atoms with Gasteiger partial charge in [0.05, 0.1) is 18.6 Å². The molecule has 6 nitrogen and oxygen atoms in total. The second-order valence-corrected chi connectivity index (χ2v) is 10.7. The second kappa shape index (κ2) is 8.87. The summed E-state index contributed by atoms with van der Waals surface area (Å²) >= 11 is 0. The van der Waals surface area contributed by atoms with Gasteiger partial charge in [0, 0.05) is 36.2 Å². The van der Waals surface area contributed by atoms with Crippen LogP contribution in [0.15, 0.2) is 30.5 Å². The van der Waals surface area contributed by atoms with Crippen molar-refractivity contribution in [1.82, 2.24) is 15.0 Å². The van der Waals surface area contributed by atoms with Gasteiger partial charge >= 0.3 is 0 Å². The summed E-state index contributed by atoms with van der Waals surface area (Å²) in [6.07, 6.45) is 4.16. The van der Waals surface area contributed by atoms with Gasteiger partial charge < -0.3 is 14.7 Å². The molecule has 8 heteroatoms. The van der Waals surface area contributed by atoms with Crippen LogP contribution in [0.1, 0.15) is 50.9 Å². The lowest BCUT2D eigenvalue weighted by molar-refractivity contribution is -0.117. The number of hydrogen-bond acceptors (Lipinski definition) is 6. The average Bonchev–Trinajstić information content (AvgIpc) is 2.87. The van der Waals surface area contributed by atoms with Crippen molar-refractivity contribution in [3.63, 3.8) is 0 Å². The molecule has 0 unspecified atom stereocenters. The van der Waals surface area contributed by atoms with Crippen LogP contribution in [0.25, 0.3) is 32.9 Å². The van der Waals surface area contributed by atoms with Crippen molar-refractivity contribution in [1.29, 1.82) is 0 Å². The Morgan fingerprint density at radius 1 is 1.16 bits per heavy atom. The molecule has 2 aliphatic heterocycles. The Morgan fingerprint density at radius 3 is 2.68 bits per heavy atom. The molecule has 1 spiro atoms. The first-order valence-electron chi connectivity index (χ1n) is 12.9. The quantitative estimate of drug-likeness (QED) is 0.360. The highest BCUT2D eigenvalue weighted by atomic mass is 19.1. The van der Waals surface area contributed by atoms with E-state index in [2.05, 4.69) is 14.9 Å². The third-order valence-corrected chi connectivity index (χ3v) is 7.74. The molecule has 2 aromatic heterocycles. The van der Waals surface area contributed by atoms with E-state index in [1.807, 2.05) is 20.8 Å². The number of benzene rings is 2. The predicted octanol–water partition coefficient (Wildman–Crippen LogP) is 6.13. The van der Waals surface area contributed by atoms with Crippen LogP contribution in [-0.4, -0.2) is 46.4 Å². The highest BCUT2D eigenvalue weighted by molar-refractivity contribution is 6.01. The topological polar surface area (TPSA) is 71.4 Å². The molecule has 2 aromatic carbocycles. The van der Waals surface area contributed by atoms with E-state index in [0.29, 0.717) is 45.3 Å². The van der Waals surface area contributed by atoms with Crippen molar-refractivity contribution in [3.8, 4) is 17.0 Å². The summed E-state index contributed by atoms with van der Waals surface area (Å²) in [4.78, 5) is 16.3. The zero-order chi connectivity index (χ0) is 25.9. The summed E-state index contributed by atoms with van der Waals surface area (Å²) in [5.41, 5.74) is 1.16. The van der Waals surface area contributed by atoms with Crippen LogP contribution in [0.2, 0.25) is 0 Å². The Morgan fingerprint density at radius 2 is 1.97 bits per heavy atom. The summed E-state index contributed by atoms with van der Waals surface area (Å²) in [6.45, 7) is 8.93. The molecule has 37 heavy (non-hydrogen) atoms. The highest BCUT2D eigenvalue weighted by Crippen LogP contribution is 2.42. The number of aryl methyl sites for hydroxylation is 1. The van der Waals surface area contributed by atoms with Crippen LogP contribution in [0.3, 0.4) is 0 Å². The zero-order valence-electron chi connectivity index (χ0n) is 21.3. The van der Waals surface area contributed by atoms with E-state index >= 15 is 4.39 Å². The monoisotopic (exact) mass is 504 g/mol. The number of halogens is 2. The SMILES string of the molecule is CCc1c(F)ccc2cc(O)cc(-c3ncc4c(N5CCCC6(COC6)C5)nc(C(C)C)nc4c3F)c12. The molecular weight excluding hydrogens is 474 g/mol. The molecule has 0 bridgehead atoms. The fourth-order valence-electron chi connectivity index (χ4n) is 5.79. The van der Waals surface area contributed by atoms with E-state index in [-0.39, 0.29) is 34.1 Å². The Kier molecular flexibility index (Phi) is 5.75. The minimum absolute atomic E-state index is 0.00709. The third kappa shape index (κ3) is 3.89. The summed E-state index contributed by atoms with van der Waals surface area (Å²) in [5.74, 6) is 0.244. The Hall–Kier alpha value is -3.39. The molecule has 2 aliphatic rings. The standard InChI is InChI=1S/C29H30F2N4O2/c1-4-19-22(30)7-6-17-10-18(36)11-20(23(17)19)25-24(31)26-21(12-32-25)28(34-27(33-26)16(2)3)35-9-5-8-29(13-35)14-37-15-29/h6-7,10-12,16,36H,4-5,8-9,13-15H2,1-3H3. The second-order valence-electron chi connectivity index (χ2n) is 10.7. The van der Waals surface area contributed by atoms with Gasteiger partial charge in [0.25, 0.3) is 0 Å². The van der Waals surface area contributed by atoms with Gasteiger partial charge in [-0.15, -0.1) is 0 Å². The van der Waals surface area contributed by atoms with Crippen LogP contribution in [0.4, 0.5) is 14.6 Å². The summed E-state index contributed by atoms with van der Waals surface area (Å²) in [7, 11) is 0. The number of pyridine rings is 1. The first-order valence-corrected chi connectivity index (χ1v) is 12.9. The Bertz CT molecular complexity index is 1530. The van der Waals surface area contributed by atoms with E-state index in [1.165, 1.54) is 12.1 Å². The van der Waals surface area contributed by atoms with Crippen LogP contribution >= 0.6 is 0 Å². The fourth-order valence-corrected chi connectivity index (χ4v) is 5.79. The van der Waals surface area contributed by atoms with Crippen LogP contribution in [-0.2, 0) is 11.2 Å². The maximum atomic E-state index is 16.4. The van der Waals surface area contributed by atoms with E-state index in [0.717, 1.165) is 39.1 Å². The normalized spacial score (nSPS) is 17.2. The first-order chi connectivity index (χ1) is 17.8. The molecule has 0 amide bonds. The van der Waals surface area contributed by atoms with Crippen molar-refractivity contribution < 1.29 is 18.6 Å². The maximum absolute atomic E-state index is 16.4. The maximum Gasteiger partial charge on any atom is 0.175 e. The number of ether oxygens (including phenoxy) is 1. The van der Waals surface area contributed by atoms with Gasteiger partial charge in [-0.05, 0) is 53.8 Å².